The normalized spacial score (nSPS) is 11.7. The number of hydrogen-bond acceptors (Lipinski definition) is 0. The van der Waals surface area contributed by atoms with E-state index in [1.807, 2.05) is 0 Å². The van der Waals surface area contributed by atoms with Crippen LogP contribution in [0.5, 0.6) is 0 Å². The Morgan fingerprint density at radius 1 is 1.20 bits per heavy atom. The molecule has 0 nitrogen and oxygen atoms in total. The fraction of sp³-hybridized carbons (Fsp3) is 0.467. The smallest absolute Gasteiger partial charge is 0.0155 e. The molecule has 0 aliphatic carbocycles. The first-order valence-corrected chi connectivity index (χ1v) is 5.68. The van der Waals surface area contributed by atoms with E-state index in [0.717, 1.165) is 12.8 Å². The van der Waals surface area contributed by atoms with E-state index in [9.17, 15) is 0 Å². The van der Waals surface area contributed by atoms with Crippen molar-refractivity contribution in [3.8, 4) is 11.8 Å². The third-order valence-corrected chi connectivity index (χ3v) is 2.68. The highest BCUT2D eigenvalue weighted by atomic mass is 14.1. The molecule has 80 valence electrons. The molecule has 0 aliphatic heterocycles. The molecule has 0 aromatic heterocycles. The fourth-order valence-corrected chi connectivity index (χ4v) is 1.75. The van der Waals surface area contributed by atoms with Crippen LogP contribution >= 0.6 is 0 Å². The molecule has 0 spiro atoms. The Morgan fingerprint density at radius 2 is 1.93 bits per heavy atom. The van der Waals surface area contributed by atoms with Crippen molar-refractivity contribution < 1.29 is 0 Å². The van der Waals surface area contributed by atoms with Gasteiger partial charge in [0.25, 0.3) is 0 Å². The molecule has 0 heterocycles. The molecule has 0 heteroatoms. The molecule has 1 rings (SSSR count). The number of rotatable bonds is 2. The van der Waals surface area contributed by atoms with E-state index in [0.29, 0.717) is 5.92 Å². The zero-order valence-corrected chi connectivity index (χ0v) is 10.2. The van der Waals surface area contributed by atoms with Gasteiger partial charge in [0.1, 0.15) is 0 Å². The zero-order chi connectivity index (χ0) is 11.3. The highest BCUT2D eigenvalue weighted by Gasteiger charge is 2.06. The quantitative estimate of drug-likeness (QED) is 0.627. The summed E-state index contributed by atoms with van der Waals surface area (Å²) < 4.78 is 0. The number of benzene rings is 1. The van der Waals surface area contributed by atoms with E-state index in [4.69, 9.17) is 0 Å². The molecular weight excluding hydrogens is 180 g/mol. The summed E-state index contributed by atoms with van der Waals surface area (Å²) in [5.41, 5.74) is 4.16. The van der Waals surface area contributed by atoms with Gasteiger partial charge in [-0.3, -0.25) is 0 Å². The molecule has 0 amide bonds. The van der Waals surface area contributed by atoms with Gasteiger partial charge in [-0.2, -0.15) is 0 Å². The summed E-state index contributed by atoms with van der Waals surface area (Å²) in [6.45, 7) is 8.67. The maximum absolute atomic E-state index is 3.23. The Bertz CT molecular complexity index is 377. The topological polar surface area (TPSA) is 0 Å². The van der Waals surface area contributed by atoms with Crippen molar-refractivity contribution in [3.05, 3.63) is 34.9 Å². The minimum absolute atomic E-state index is 0.545. The first kappa shape index (κ1) is 11.9. The van der Waals surface area contributed by atoms with Gasteiger partial charge in [-0.15, -0.1) is 11.8 Å². The van der Waals surface area contributed by atoms with E-state index < -0.39 is 0 Å². The van der Waals surface area contributed by atoms with Gasteiger partial charge in [-0.25, -0.2) is 0 Å². The largest absolute Gasteiger partial charge is 0.104 e. The molecule has 1 atom stereocenters. The van der Waals surface area contributed by atoms with E-state index in [1.165, 1.54) is 16.7 Å². The van der Waals surface area contributed by atoms with Crippen molar-refractivity contribution in [1.82, 2.24) is 0 Å². The summed E-state index contributed by atoms with van der Waals surface area (Å²) in [6, 6.07) is 6.66. The van der Waals surface area contributed by atoms with E-state index in [-0.39, 0.29) is 0 Å². The van der Waals surface area contributed by atoms with Gasteiger partial charge < -0.3 is 0 Å². The van der Waals surface area contributed by atoms with Crippen molar-refractivity contribution in [2.45, 2.75) is 46.5 Å². The average molecular weight is 200 g/mol. The lowest BCUT2D eigenvalue weighted by Crippen LogP contribution is -1.96. The van der Waals surface area contributed by atoms with Crippen LogP contribution in [0.25, 0.3) is 0 Å². The third kappa shape index (κ3) is 3.44. The summed E-state index contributed by atoms with van der Waals surface area (Å²) in [5.74, 6) is 6.91. The van der Waals surface area contributed by atoms with Crippen LogP contribution in [0, 0.1) is 25.7 Å². The molecule has 0 bridgehead atoms. The van der Waals surface area contributed by atoms with E-state index in [2.05, 4.69) is 57.7 Å². The lowest BCUT2D eigenvalue weighted by molar-refractivity contribution is 0.786. The first-order valence-electron chi connectivity index (χ1n) is 5.68. The summed E-state index contributed by atoms with van der Waals surface area (Å²) in [5, 5.41) is 0. The van der Waals surface area contributed by atoms with Crippen molar-refractivity contribution in [2.24, 2.45) is 0 Å². The van der Waals surface area contributed by atoms with Crippen molar-refractivity contribution in [2.75, 3.05) is 0 Å². The van der Waals surface area contributed by atoms with Gasteiger partial charge in [-0.1, -0.05) is 37.6 Å². The summed E-state index contributed by atoms with van der Waals surface area (Å²) in [4.78, 5) is 0. The minimum atomic E-state index is 0.545. The van der Waals surface area contributed by atoms with Crippen LogP contribution in [0.3, 0.4) is 0 Å². The van der Waals surface area contributed by atoms with Gasteiger partial charge in [0.15, 0.2) is 0 Å². The summed E-state index contributed by atoms with van der Waals surface area (Å²) in [6.07, 6.45) is 1.93. The maximum Gasteiger partial charge on any atom is 0.0155 e. The van der Waals surface area contributed by atoms with E-state index in [1.54, 1.807) is 0 Å². The molecule has 1 aromatic carbocycles. The van der Waals surface area contributed by atoms with Crippen LogP contribution in [0.4, 0.5) is 0 Å². The molecule has 1 aromatic rings. The lowest BCUT2D eigenvalue weighted by atomic mass is 9.92. The highest BCUT2D eigenvalue weighted by Crippen LogP contribution is 2.23. The zero-order valence-electron chi connectivity index (χ0n) is 10.2. The predicted molar refractivity (Wildman–Crippen MR) is 67.0 cm³/mol. The second-order valence-electron chi connectivity index (χ2n) is 4.17. The number of hydrogen-bond donors (Lipinski definition) is 0. The van der Waals surface area contributed by atoms with Crippen LogP contribution in [0.2, 0.25) is 0 Å². The average Bonchev–Trinajstić information content (AvgIpc) is 2.22. The van der Waals surface area contributed by atoms with Gasteiger partial charge in [0.2, 0.25) is 0 Å². The Hall–Kier alpha value is -1.22. The standard InChI is InChI=1S/C15H20/c1-5-6-7-8-13(3)15-11-12(2)9-10-14(15)4/h9-11,13H,5,8H2,1-4H3. The maximum atomic E-state index is 3.23. The minimum Gasteiger partial charge on any atom is -0.104 e. The fourth-order valence-electron chi connectivity index (χ4n) is 1.75. The molecule has 0 aliphatic rings. The Kier molecular flexibility index (Phi) is 4.43. The Labute approximate surface area is 93.7 Å². The van der Waals surface area contributed by atoms with Crippen molar-refractivity contribution in [3.63, 3.8) is 0 Å². The Balaban J connectivity index is 2.81. The second-order valence-corrected chi connectivity index (χ2v) is 4.17. The Morgan fingerprint density at radius 3 is 2.60 bits per heavy atom. The van der Waals surface area contributed by atoms with Gasteiger partial charge in [0, 0.05) is 12.8 Å². The lowest BCUT2D eigenvalue weighted by Gasteiger charge is -2.12. The van der Waals surface area contributed by atoms with Crippen LogP contribution in [-0.4, -0.2) is 0 Å². The predicted octanol–water partition coefficient (Wildman–Crippen LogP) is 4.21. The SMILES string of the molecule is CCC#CCC(C)c1cc(C)ccc1C. The molecule has 0 radical (unpaired) electrons. The van der Waals surface area contributed by atoms with Crippen LogP contribution < -0.4 is 0 Å². The molecule has 0 saturated heterocycles. The van der Waals surface area contributed by atoms with Gasteiger partial charge >= 0.3 is 0 Å². The summed E-state index contributed by atoms with van der Waals surface area (Å²) >= 11 is 0. The van der Waals surface area contributed by atoms with Crippen LogP contribution in [0.1, 0.15) is 49.3 Å². The first-order chi connectivity index (χ1) is 7.15. The third-order valence-electron chi connectivity index (χ3n) is 2.68. The van der Waals surface area contributed by atoms with Crippen molar-refractivity contribution in [1.29, 1.82) is 0 Å². The van der Waals surface area contributed by atoms with Gasteiger partial charge in [-0.05, 0) is 30.9 Å². The molecule has 1 unspecified atom stereocenters. The molecule has 0 saturated carbocycles. The summed E-state index contributed by atoms with van der Waals surface area (Å²) in [7, 11) is 0. The van der Waals surface area contributed by atoms with Crippen LogP contribution in [0.15, 0.2) is 18.2 Å². The van der Waals surface area contributed by atoms with Gasteiger partial charge in [0.05, 0.1) is 0 Å². The molecule has 15 heavy (non-hydrogen) atoms. The molecule has 0 fully saturated rings. The van der Waals surface area contributed by atoms with Crippen LogP contribution in [-0.2, 0) is 0 Å². The van der Waals surface area contributed by atoms with E-state index >= 15 is 0 Å². The van der Waals surface area contributed by atoms with Crippen molar-refractivity contribution >= 4 is 0 Å². The monoisotopic (exact) mass is 200 g/mol. The molecular formula is C15H20. The molecule has 0 N–H and O–H groups in total. The highest BCUT2D eigenvalue weighted by molar-refractivity contribution is 5.33. The number of aryl methyl sites for hydroxylation is 2. The second kappa shape index (κ2) is 5.61.